The van der Waals surface area contributed by atoms with Gasteiger partial charge in [0.25, 0.3) is 5.60 Å². The van der Waals surface area contributed by atoms with Crippen molar-refractivity contribution in [2.75, 3.05) is 18.2 Å². The maximum absolute atomic E-state index is 13.3. The molecule has 2 aromatic carbocycles. The van der Waals surface area contributed by atoms with Gasteiger partial charge in [0.05, 0.1) is 6.42 Å². The van der Waals surface area contributed by atoms with Crippen LogP contribution < -0.4 is 14.4 Å². The molecule has 0 saturated heterocycles. The van der Waals surface area contributed by atoms with Gasteiger partial charge in [-0.05, 0) is 48.6 Å². The third-order valence-electron chi connectivity index (χ3n) is 5.78. The van der Waals surface area contributed by atoms with Crippen LogP contribution in [0, 0.1) is 0 Å². The van der Waals surface area contributed by atoms with Crippen molar-refractivity contribution >= 4 is 11.6 Å². The molecule has 0 unspecified atom stereocenters. The van der Waals surface area contributed by atoms with Crippen LogP contribution in [0.2, 0.25) is 0 Å². The first-order chi connectivity index (χ1) is 15.4. The third-order valence-corrected chi connectivity index (χ3v) is 5.78. The predicted molar refractivity (Wildman–Crippen MR) is 104 cm³/mol. The average molecular weight is 475 g/mol. The third kappa shape index (κ3) is 4.09. The smallest absolute Gasteiger partial charge is 0.430 e. The van der Waals surface area contributed by atoms with Gasteiger partial charge in [-0.25, -0.2) is 0 Å². The van der Waals surface area contributed by atoms with E-state index in [-0.39, 0.29) is 43.3 Å². The Balaban J connectivity index is 1.66. The molecule has 2 heterocycles. The molecule has 2 aromatic rings. The lowest BCUT2D eigenvalue weighted by Gasteiger charge is -2.33. The quantitative estimate of drug-likeness (QED) is 0.658. The molecule has 2 aliphatic rings. The van der Waals surface area contributed by atoms with Gasteiger partial charge >= 0.3 is 12.4 Å². The number of aryl methyl sites for hydroxylation is 1. The number of carbonyl (C=O) groups is 1. The Morgan fingerprint density at radius 3 is 2.33 bits per heavy atom. The SMILES string of the molecule is O=C(Cc1ccc2c(c1)OCO2)N1CCCCc2cc(C(O)(C(F)(F)F)C(F)(F)F)ccc21. The van der Waals surface area contributed by atoms with Gasteiger partial charge in [0.2, 0.25) is 12.7 Å². The molecule has 2 aliphatic heterocycles. The van der Waals surface area contributed by atoms with E-state index >= 15 is 0 Å². The zero-order valence-corrected chi connectivity index (χ0v) is 17.1. The minimum Gasteiger partial charge on any atom is -0.454 e. The summed E-state index contributed by atoms with van der Waals surface area (Å²) in [6, 6.07) is 7.29. The van der Waals surface area contributed by atoms with Gasteiger partial charge in [0.15, 0.2) is 11.5 Å². The molecular weight excluding hydrogens is 456 g/mol. The number of rotatable bonds is 3. The number of anilines is 1. The summed E-state index contributed by atoms with van der Waals surface area (Å²) in [5, 5.41) is 9.72. The first-order valence-electron chi connectivity index (χ1n) is 10.1. The molecule has 1 amide bonds. The molecule has 0 aliphatic carbocycles. The number of benzene rings is 2. The van der Waals surface area contributed by atoms with Gasteiger partial charge in [-0.2, -0.15) is 26.3 Å². The Morgan fingerprint density at radius 1 is 0.939 bits per heavy atom. The Hall–Kier alpha value is -2.95. The van der Waals surface area contributed by atoms with Crippen LogP contribution >= 0.6 is 0 Å². The number of nitrogens with zero attached hydrogens (tertiary/aromatic N) is 1. The summed E-state index contributed by atoms with van der Waals surface area (Å²) < 4.78 is 90.2. The fraction of sp³-hybridized carbons (Fsp3) is 0.409. The molecule has 0 radical (unpaired) electrons. The van der Waals surface area contributed by atoms with Crippen LogP contribution in [0.25, 0.3) is 0 Å². The number of fused-ring (bicyclic) bond motifs is 2. The zero-order valence-electron chi connectivity index (χ0n) is 17.1. The van der Waals surface area contributed by atoms with Crippen LogP contribution in [-0.4, -0.2) is 36.7 Å². The Bertz CT molecular complexity index is 1050. The topological polar surface area (TPSA) is 59.0 Å². The van der Waals surface area contributed by atoms with Crippen molar-refractivity contribution in [1.82, 2.24) is 0 Å². The van der Waals surface area contributed by atoms with E-state index in [1.165, 1.54) is 4.90 Å². The number of aliphatic hydroxyl groups is 1. The number of ether oxygens (including phenoxy) is 2. The average Bonchev–Trinajstić information content (AvgIpc) is 3.09. The lowest BCUT2D eigenvalue weighted by Crippen LogP contribution is -2.54. The highest BCUT2D eigenvalue weighted by atomic mass is 19.4. The summed E-state index contributed by atoms with van der Waals surface area (Å²) in [5.74, 6) is 0.659. The van der Waals surface area contributed by atoms with Crippen molar-refractivity contribution in [1.29, 1.82) is 0 Å². The molecule has 0 aromatic heterocycles. The number of amides is 1. The minimum atomic E-state index is -5.97. The van der Waals surface area contributed by atoms with Gasteiger partial charge < -0.3 is 19.5 Å². The van der Waals surface area contributed by atoms with Crippen molar-refractivity contribution in [3.63, 3.8) is 0 Å². The fourth-order valence-electron chi connectivity index (χ4n) is 4.05. The second-order valence-electron chi connectivity index (χ2n) is 7.92. The van der Waals surface area contributed by atoms with Gasteiger partial charge in [-0.1, -0.05) is 18.2 Å². The second-order valence-corrected chi connectivity index (χ2v) is 7.92. The standard InChI is InChI=1S/C22H19F6NO4/c23-21(24,25)20(31,22(26,27)28)15-5-6-16-14(11-15)3-1-2-8-29(16)19(30)10-13-4-7-17-18(9-13)33-12-32-17/h4-7,9,11,31H,1-3,8,10,12H2. The largest absolute Gasteiger partial charge is 0.454 e. The van der Waals surface area contributed by atoms with Gasteiger partial charge in [-0.3, -0.25) is 4.79 Å². The monoisotopic (exact) mass is 475 g/mol. The first-order valence-corrected chi connectivity index (χ1v) is 10.1. The molecule has 0 atom stereocenters. The zero-order chi connectivity index (χ0) is 24.0. The predicted octanol–water partition coefficient (Wildman–Crippen LogP) is 4.64. The number of halogens is 6. The van der Waals surface area contributed by atoms with Crippen LogP contribution in [-0.2, 0) is 23.2 Å². The highest BCUT2D eigenvalue weighted by molar-refractivity contribution is 5.95. The molecule has 0 fully saturated rings. The van der Waals surface area contributed by atoms with E-state index in [9.17, 15) is 36.2 Å². The maximum atomic E-state index is 13.3. The Morgan fingerprint density at radius 2 is 1.64 bits per heavy atom. The van der Waals surface area contributed by atoms with Crippen molar-refractivity contribution in [3.8, 4) is 11.5 Å². The van der Waals surface area contributed by atoms with Crippen molar-refractivity contribution < 1.29 is 45.7 Å². The van der Waals surface area contributed by atoms with Gasteiger partial charge in [-0.15, -0.1) is 0 Å². The summed E-state index contributed by atoms with van der Waals surface area (Å²) in [6.07, 6.45) is -10.9. The number of hydrogen-bond donors (Lipinski definition) is 1. The maximum Gasteiger partial charge on any atom is 0.430 e. The lowest BCUT2D eigenvalue weighted by molar-refractivity contribution is -0.376. The number of carbonyl (C=O) groups excluding carboxylic acids is 1. The summed E-state index contributed by atoms with van der Waals surface area (Å²) in [6.45, 7) is 0.329. The van der Waals surface area contributed by atoms with E-state index in [0.29, 0.717) is 42.0 Å². The van der Waals surface area contributed by atoms with E-state index in [1.807, 2.05) is 0 Å². The van der Waals surface area contributed by atoms with Crippen LogP contribution in [0.15, 0.2) is 36.4 Å². The number of hydrogen-bond acceptors (Lipinski definition) is 4. The van der Waals surface area contributed by atoms with E-state index in [1.54, 1.807) is 18.2 Å². The van der Waals surface area contributed by atoms with Crippen LogP contribution in [0.5, 0.6) is 11.5 Å². The summed E-state index contributed by atoms with van der Waals surface area (Å²) in [4.78, 5) is 14.4. The molecule has 1 N–H and O–H groups in total. The molecule has 0 spiro atoms. The van der Waals surface area contributed by atoms with Crippen LogP contribution in [0.1, 0.15) is 29.5 Å². The molecule has 0 saturated carbocycles. The van der Waals surface area contributed by atoms with E-state index in [0.717, 1.165) is 6.07 Å². The molecule has 5 nitrogen and oxygen atoms in total. The van der Waals surface area contributed by atoms with Crippen molar-refractivity contribution in [3.05, 3.63) is 53.1 Å². The molecule has 0 bridgehead atoms. The highest BCUT2D eigenvalue weighted by Gasteiger charge is 2.71. The Labute approximate surface area is 184 Å². The highest BCUT2D eigenvalue weighted by Crippen LogP contribution is 2.50. The summed E-state index contributed by atoms with van der Waals surface area (Å²) in [5.41, 5.74) is -5.35. The van der Waals surface area contributed by atoms with E-state index < -0.39 is 23.5 Å². The first kappa shape index (κ1) is 23.2. The van der Waals surface area contributed by atoms with E-state index in [2.05, 4.69) is 0 Å². The molecule has 33 heavy (non-hydrogen) atoms. The van der Waals surface area contributed by atoms with E-state index in [4.69, 9.17) is 9.47 Å². The fourth-order valence-corrected chi connectivity index (χ4v) is 4.05. The second kappa shape index (κ2) is 8.12. The molecule has 11 heteroatoms. The Kier molecular flexibility index (Phi) is 5.71. The minimum absolute atomic E-state index is 0.0487. The van der Waals surface area contributed by atoms with Gasteiger partial charge in [0.1, 0.15) is 0 Å². The summed E-state index contributed by atoms with van der Waals surface area (Å²) in [7, 11) is 0. The van der Waals surface area contributed by atoms with Crippen LogP contribution in [0.4, 0.5) is 32.0 Å². The van der Waals surface area contributed by atoms with Crippen molar-refractivity contribution in [2.45, 2.75) is 43.6 Å². The van der Waals surface area contributed by atoms with Crippen LogP contribution in [0.3, 0.4) is 0 Å². The lowest BCUT2D eigenvalue weighted by atomic mass is 9.89. The molecule has 178 valence electrons. The summed E-state index contributed by atoms with van der Waals surface area (Å²) >= 11 is 0. The van der Waals surface area contributed by atoms with Crippen molar-refractivity contribution in [2.24, 2.45) is 0 Å². The number of alkyl halides is 6. The van der Waals surface area contributed by atoms with Gasteiger partial charge in [0, 0.05) is 17.8 Å². The molecular formula is C22H19F6NO4. The molecule has 4 rings (SSSR count). The normalized spacial score (nSPS) is 16.4.